The Morgan fingerprint density at radius 3 is 2.43 bits per heavy atom. The molecule has 3 rings (SSSR count). The second-order valence-corrected chi connectivity index (χ2v) is 7.14. The van der Waals surface area contributed by atoms with Gasteiger partial charge in [-0.05, 0) is 50.7 Å². The second-order valence-electron chi connectivity index (χ2n) is 7.14. The molecule has 1 aromatic heterocycles. The summed E-state index contributed by atoms with van der Waals surface area (Å²) in [4.78, 5) is 14.4. The molecule has 122 valence electrons. The molecule has 2 heterocycles. The Labute approximate surface area is 136 Å². The molecule has 0 saturated carbocycles. The van der Waals surface area contributed by atoms with Crippen molar-refractivity contribution in [2.45, 2.75) is 52.4 Å². The molecule has 5 nitrogen and oxygen atoms in total. The quantitative estimate of drug-likeness (QED) is 0.853. The number of carbonyl (C=O) groups is 1. The zero-order chi connectivity index (χ0) is 16.8. The number of fused-ring (bicyclic) bond motifs is 1. The van der Waals surface area contributed by atoms with E-state index in [1.165, 1.54) is 6.92 Å². The number of amides is 1. The van der Waals surface area contributed by atoms with Crippen molar-refractivity contribution >= 4 is 29.4 Å². The van der Waals surface area contributed by atoms with Gasteiger partial charge in [-0.15, -0.1) is 0 Å². The Hall–Kier alpha value is -1.79. The first-order valence-corrected chi connectivity index (χ1v) is 7.89. The minimum atomic E-state index is -0.369. The first-order chi connectivity index (χ1) is 10.7. The molecular formula is C17H23BN2O3. The minimum absolute atomic E-state index is 0.0402. The highest BCUT2D eigenvalue weighted by atomic mass is 16.7. The topological polar surface area (TPSA) is 63.4 Å². The third kappa shape index (κ3) is 3.01. The summed E-state index contributed by atoms with van der Waals surface area (Å²) in [5.41, 5.74) is 2.28. The monoisotopic (exact) mass is 314 g/mol. The van der Waals surface area contributed by atoms with Crippen molar-refractivity contribution in [3.8, 4) is 0 Å². The maximum absolute atomic E-state index is 11.0. The van der Waals surface area contributed by atoms with Gasteiger partial charge in [0.25, 0.3) is 0 Å². The fourth-order valence-corrected chi connectivity index (χ4v) is 2.65. The number of hydrogen-bond acceptors (Lipinski definition) is 3. The van der Waals surface area contributed by atoms with Crippen molar-refractivity contribution in [2.75, 3.05) is 0 Å². The highest BCUT2D eigenvalue weighted by Gasteiger charge is 2.51. The molecule has 1 fully saturated rings. The first-order valence-electron chi connectivity index (χ1n) is 7.89. The van der Waals surface area contributed by atoms with Crippen LogP contribution >= 0.6 is 0 Å². The van der Waals surface area contributed by atoms with Crippen molar-refractivity contribution in [3.05, 3.63) is 30.0 Å². The molecule has 0 radical (unpaired) electrons. The van der Waals surface area contributed by atoms with Gasteiger partial charge in [-0.25, -0.2) is 0 Å². The molecule has 1 aliphatic rings. The molecule has 2 N–H and O–H groups in total. The summed E-state index contributed by atoms with van der Waals surface area (Å²) in [6, 6.07) is 8.16. The molecular weight excluding hydrogens is 291 g/mol. The van der Waals surface area contributed by atoms with Crippen LogP contribution in [0, 0.1) is 0 Å². The zero-order valence-corrected chi connectivity index (χ0v) is 14.3. The van der Waals surface area contributed by atoms with Gasteiger partial charge in [0.2, 0.25) is 5.91 Å². The maximum atomic E-state index is 11.0. The van der Waals surface area contributed by atoms with Crippen LogP contribution in [-0.4, -0.2) is 29.2 Å². The third-order valence-electron chi connectivity index (χ3n) is 4.76. The Morgan fingerprint density at radius 2 is 1.83 bits per heavy atom. The SMILES string of the molecule is CC(=O)NCc1cc2ccc(B3OC(C)(C)C(C)(C)O3)cc2[nH]1. The van der Waals surface area contributed by atoms with Gasteiger partial charge >= 0.3 is 7.12 Å². The molecule has 0 aliphatic carbocycles. The van der Waals surface area contributed by atoms with E-state index in [1.807, 2.05) is 45.9 Å². The Balaban J connectivity index is 1.85. The van der Waals surface area contributed by atoms with Crippen molar-refractivity contribution in [1.82, 2.24) is 10.3 Å². The lowest BCUT2D eigenvalue weighted by atomic mass is 9.79. The summed E-state index contributed by atoms with van der Waals surface area (Å²) in [6.07, 6.45) is 0. The lowest BCUT2D eigenvalue weighted by Crippen LogP contribution is -2.41. The highest BCUT2D eigenvalue weighted by molar-refractivity contribution is 6.62. The van der Waals surface area contributed by atoms with Crippen LogP contribution in [0.2, 0.25) is 0 Å². The predicted molar refractivity (Wildman–Crippen MR) is 91.5 cm³/mol. The van der Waals surface area contributed by atoms with E-state index in [9.17, 15) is 4.79 Å². The van der Waals surface area contributed by atoms with Crippen LogP contribution in [0.4, 0.5) is 0 Å². The molecule has 6 heteroatoms. The Kier molecular flexibility index (Phi) is 3.77. The van der Waals surface area contributed by atoms with Gasteiger partial charge in [0.15, 0.2) is 0 Å². The maximum Gasteiger partial charge on any atom is 0.494 e. The standard InChI is InChI=1S/C17H23BN2O3/c1-11(21)19-10-14-8-12-6-7-13(9-15(12)20-14)18-22-16(2,3)17(4,5)23-18/h6-9,20H,10H2,1-5H3,(H,19,21). The zero-order valence-electron chi connectivity index (χ0n) is 14.3. The van der Waals surface area contributed by atoms with Crippen LogP contribution in [-0.2, 0) is 20.6 Å². The average Bonchev–Trinajstić information content (AvgIpc) is 2.94. The number of H-pyrrole nitrogens is 1. The predicted octanol–water partition coefficient (Wildman–Crippen LogP) is 2.10. The van der Waals surface area contributed by atoms with Crippen LogP contribution in [0.15, 0.2) is 24.3 Å². The van der Waals surface area contributed by atoms with Gasteiger partial charge in [0.1, 0.15) is 0 Å². The normalized spacial score (nSPS) is 19.3. The van der Waals surface area contributed by atoms with Crippen molar-refractivity contribution in [2.24, 2.45) is 0 Å². The number of carbonyl (C=O) groups excluding carboxylic acids is 1. The lowest BCUT2D eigenvalue weighted by molar-refractivity contribution is -0.119. The van der Waals surface area contributed by atoms with E-state index in [0.717, 1.165) is 22.1 Å². The molecule has 1 aromatic carbocycles. The molecule has 23 heavy (non-hydrogen) atoms. The van der Waals surface area contributed by atoms with Gasteiger partial charge in [-0.3, -0.25) is 4.79 Å². The summed E-state index contributed by atoms with van der Waals surface area (Å²) in [5.74, 6) is -0.0402. The van der Waals surface area contributed by atoms with Crippen molar-refractivity contribution in [1.29, 1.82) is 0 Å². The Bertz CT molecular complexity index is 735. The second kappa shape index (κ2) is 5.39. The van der Waals surface area contributed by atoms with Gasteiger partial charge in [0, 0.05) is 18.1 Å². The number of hydrogen-bond donors (Lipinski definition) is 2. The van der Waals surface area contributed by atoms with Gasteiger partial charge in [-0.2, -0.15) is 0 Å². The average molecular weight is 314 g/mol. The largest absolute Gasteiger partial charge is 0.494 e. The number of benzene rings is 1. The van der Waals surface area contributed by atoms with E-state index >= 15 is 0 Å². The number of aromatic nitrogens is 1. The summed E-state index contributed by atoms with van der Waals surface area (Å²) in [6.45, 7) is 10.2. The smallest absolute Gasteiger partial charge is 0.399 e. The van der Waals surface area contributed by atoms with E-state index in [2.05, 4.69) is 16.4 Å². The van der Waals surface area contributed by atoms with E-state index in [-0.39, 0.29) is 24.2 Å². The molecule has 0 atom stereocenters. The molecule has 1 aliphatic heterocycles. The van der Waals surface area contributed by atoms with Crippen LogP contribution in [0.5, 0.6) is 0 Å². The third-order valence-corrected chi connectivity index (χ3v) is 4.76. The van der Waals surface area contributed by atoms with Crippen molar-refractivity contribution < 1.29 is 14.1 Å². The van der Waals surface area contributed by atoms with E-state index in [1.54, 1.807) is 0 Å². The van der Waals surface area contributed by atoms with Crippen LogP contribution in [0.1, 0.15) is 40.3 Å². The van der Waals surface area contributed by atoms with Gasteiger partial charge in [-0.1, -0.05) is 12.1 Å². The minimum Gasteiger partial charge on any atom is -0.399 e. The molecule has 0 spiro atoms. The van der Waals surface area contributed by atoms with Crippen LogP contribution < -0.4 is 10.8 Å². The summed E-state index contributed by atoms with van der Waals surface area (Å²) in [7, 11) is -0.369. The Morgan fingerprint density at radius 1 is 1.17 bits per heavy atom. The molecule has 2 aromatic rings. The van der Waals surface area contributed by atoms with Gasteiger partial charge < -0.3 is 19.6 Å². The lowest BCUT2D eigenvalue weighted by Gasteiger charge is -2.32. The van der Waals surface area contributed by atoms with Crippen LogP contribution in [0.3, 0.4) is 0 Å². The molecule has 0 bridgehead atoms. The number of rotatable bonds is 3. The summed E-state index contributed by atoms with van der Waals surface area (Å²) < 4.78 is 12.2. The van der Waals surface area contributed by atoms with E-state index in [4.69, 9.17) is 9.31 Å². The first kappa shape index (κ1) is 16.1. The van der Waals surface area contributed by atoms with E-state index in [0.29, 0.717) is 6.54 Å². The van der Waals surface area contributed by atoms with Gasteiger partial charge in [0.05, 0.1) is 17.7 Å². The summed E-state index contributed by atoms with van der Waals surface area (Å²) >= 11 is 0. The van der Waals surface area contributed by atoms with Crippen LogP contribution in [0.25, 0.3) is 10.9 Å². The number of nitrogens with one attached hydrogen (secondary N) is 2. The molecule has 0 unspecified atom stereocenters. The molecule has 1 amide bonds. The number of aromatic amines is 1. The molecule has 1 saturated heterocycles. The van der Waals surface area contributed by atoms with Crippen molar-refractivity contribution in [3.63, 3.8) is 0 Å². The fraction of sp³-hybridized carbons (Fsp3) is 0.471. The fourth-order valence-electron chi connectivity index (χ4n) is 2.65. The highest BCUT2D eigenvalue weighted by Crippen LogP contribution is 2.36. The van der Waals surface area contributed by atoms with E-state index < -0.39 is 0 Å². The summed E-state index contributed by atoms with van der Waals surface area (Å²) in [5, 5.41) is 3.90.